The van der Waals surface area contributed by atoms with Crippen LogP contribution in [-0.4, -0.2) is 50.4 Å². The number of hydrogen-bond acceptors (Lipinski definition) is 5. The van der Waals surface area contributed by atoms with E-state index in [9.17, 15) is 4.79 Å². The minimum atomic E-state index is -0.594. The van der Waals surface area contributed by atoms with Gasteiger partial charge in [0.2, 0.25) is 0 Å². The molecule has 5 heteroatoms. The maximum absolute atomic E-state index is 12.3. The van der Waals surface area contributed by atoms with Gasteiger partial charge >= 0.3 is 5.97 Å². The van der Waals surface area contributed by atoms with Crippen LogP contribution in [0.15, 0.2) is 91.0 Å². The van der Waals surface area contributed by atoms with Gasteiger partial charge in [-0.25, -0.2) is 4.79 Å². The summed E-state index contributed by atoms with van der Waals surface area (Å²) in [6.07, 6.45) is 5.12. The van der Waals surface area contributed by atoms with Crippen molar-refractivity contribution in [3.63, 3.8) is 0 Å². The van der Waals surface area contributed by atoms with E-state index >= 15 is 0 Å². The highest BCUT2D eigenvalue weighted by Gasteiger charge is 2.27. The summed E-state index contributed by atoms with van der Waals surface area (Å²) in [5.74, 6) is 0.502. The summed E-state index contributed by atoms with van der Waals surface area (Å²) >= 11 is 0. The Bertz CT molecular complexity index is 1550. The average Bonchev–Trinajstić information content (AvgIpc) is 3.24. The molecule has 1 aliphatic carbocycles. The summed E-state index contributed by atoms with van der Waals surface area (Å²) in [6, 6.07) is 33.2. The van der Waals surface area contributed by atoms with Gasteiger partial charge in [0, 0.05) is 19.6 Å². The van der Waals surface area contributed by atoms with Gasteiger partial charge in [-0.05, 0) is 110 Å². The fourth-order valence-electron chi connectivity index (χ4n) is 6.51. The standard InChI is InChI=1S/C41H49NO4/c1-5-30-18-24-37-35(27-30)21-20-34-19-15-32(14-13-31-11-9-8-10-12-31)28-38(34)40(37)42(4)25-26-46-36-22-16-33(17-23-36)29-39(44-6-2)41(43)45-7-3/h8-12,15-19,22-24,27-28,39-40H,5-7,13-14,20-21,25-26,29H2,1-4H3. The highest BCUT2D eigenvalue weighted by atomic mass is 16.6. The predicted octanol–water partition coefficient (Wildman–Crippen LogP) is 7.74. The van der Waals surface area contributed by atoms with Crippen LogP contribution < -0.4 is 4.74 Å². The molecule has 2 atom stereocenters. The third-order valence-electron chi connectivity index (χ3n) is 9.04. The molecule has 0 aliphatic heterocycles. The minimum absolute atomic E-state index is 0.166. The molecular weight excluding hydrogens is 570 g/mol. The molecule has 1 aliphatic rings. The summed E-state index contributed by atoms with van der Waals surface area (Å²) in [4.78, 5) is 14.7. The molecule has 5 nitrogen and oxygen atoms in total. The Hall–Kier alpha value is -3.93. The van der Waals surface area contributed by atoms with Gasteiger partial charge in [0.15, 0.2) is 6.10 Å². The summed E-state index contributed by atoms with van der Waals surface area (Å²) in [6.45, 7) is 8.09. The highest BCUT2D eigenvalue weighted by Crippen LogP contribution is 2.37. The summed E-state index contributed by atoms with van der Waals surface area (Å²) in [5, 5.41) is 0. The number of benzene rings is 4. The van der Waals surface area contributed by atoms with Crippen LogP contribution in [0.25, 0.3) is 0 Å². The highest BCUT2D eigenvalue weighted by molar-refractivity contribution is 5.75. The Morgan fingerprint density at radius 3 is 2.22 bits per heavy atom. The zero-order valence-corrected chi connectivity index (χ0v) is 28.0. The van der Waals surface area contributed by atoms with Crippen molar-refractivity contribution in [2.75, 3.05) is 33.4 Å². The van der Waals surface area contributed by atoms with Gasteiger partial charge in [-0.15, -0.1) is 0 Å². The molecule has 0 radical (unpaired) electrons. The lowest BCUT2D eigenvalue weighted by atomic mass is 9.90. The second kappa shape index (κ2) is 16.6. The first-order valence-corrected chi connectivity index (χ1v) is 17.0. The second-order valence-corrected chi connectivity index (χ2v) is 12.2. The van der Waals surface area contributed by atoms with Crippen molar-refractivity contribution in [1.82, 2.24) is 4.90 Å². The minimum Gasteiger partial charge on any atom is -0.492 e. The number of esters is 1. The molecule has 0 bridgehead atoms. The van der Waals surface area contributed by atoms with E-state index < -0.39 is 6.10 Å². The van der Waals surface area contributed by atoms with Gasteiger partial charge in [-0.1, -0.05) is 85.8 Å². The Kier molecular flexibility index (Phi) is 12.0. The summed E-state index contributed by atoms with van der Waals surface area (Å²) < 4.78 is 17.1. The van der Waals surface area contributed by atoms with E-state index in [1.54, 1.807) is 0 Å². The van der Waals surface area contributed by atoms with Crippen LogP contribution in [0, 0.1) is 0 Å². The zero-order valence-electron chi connectivity index (χ0n) is 28.0. The van der Waals surface area contributed by atoms with Crippen molar-refractivity contribution in [2.45, 2.75) is 71.4 Å². The first-order chi connectivity index (χ1) is 22.5. The molecule has 46 heavy (non-hydrogen) atoms. The molecule has 0 fully saturated rings. The number of ether oxygens (including phenoxy) is 3. The molecule has 5 rings (SSSR count). The fourth-order valence-corrected chi connectivity index (χ4v) is 6.51. The van der Waals surface area contributed by atoms with E-state index in [1.807, 2.05) is 38.1 Å². The van der Waals surface area contributed by atoms with Crippen LogP contribution in [0.5, 0.6) is 5.75 Å². The van der Waals surface area contributed by atoms with Gasteiger partial charge in [0.1, 0.15) is 12.4 Å². The molecule has 0 amide bonds. The number of carbonyl (C=O) groups excluding carboxylic acids is 1. The number of rotatable bonds is 15. The van der Waals surface area contributed by atoms with Crippen molar-refractivity contribution >= 4 is 5.97 Å². The average molecular weight is 620 g/mol. The molecule has 0 saturated carbocycles. The Labute approximate surface area is 275 Å². The van der Waals surface area contributed by atoms with E-state index in [1.165, 1.54) is 38.9 Å². The van der Waals surface area contributed by atoms with Gasteiger partial charge < -0.3 is 14.2 Å². The maximum atomic E-state index is 12.3. The molecule has 242 valence electrons. The van der Waals surface area contributed by atoms with E-state index in [-0.39, 0.29) is 12.0 Å². The van der Waals surface area contributed by atoms with Gasteiger partial charge in [-0.3, -0.25) is 4.90 Å². The van der Waals surface area contributed by atoms with Crippen LogP contribution >= 0.6 is 0 Å². The number of aryl methyl sites for hydroxylation is 5. The van der Waals surface area contributed by atoms with Crippen molar-refractivity contribution in [3.8, 4) is 5.75 Å². The zero-order chi connectivity index (χ0) is 32.3. The van der Waals surface area contributed by atoms with E-state index in [0.717, 1.165) is 50.0 Å². The lowest BCUT2D eigenvalue weighted by Gasteiger charge is -2.31. The van der Waals surface area contributed by atoms with Gasteiger partial charge in [0.05, 0.1) is 12.6 Å². The van der Waals surface area contributed by atoms with Gasteiger partial charge in [0.25, 0.3) is 0 Å². The van der Waals surface area contributed by atoms with Crippen molar-refractivity contribution in [2.24, 2.45) is 0 Å². The van der Waals surface area contributed by atoms with Crippen molar-refractivity contribution in [3.05, 3.63) is 136 Å². The number of fused-ring (bicyclic) bond motifs is 2. The van der Waals surface area contributed by atoms with Crippen LogP contribution in [0.3, 0.4) is 0 Å². The van der Waals surface area contributed by atoms with E-state index in [0.29, 0.717) is 26.2 Å². The van der Waals surface area contributed by atoms with Crippen molar-refractivity contribution in [1.29, 1.82) is 0 Å². The molecule has 0 spiro atoms. The molecule has 0 N–H and O–H groups in total. The van der Waals surface area contributed by atoms with E-state index in [2.05, 4.69) is 85.6 Å². The van der Waals surface area contributed by atoms with Crippen LogP contribution in [-0.2, 0) is 52.8 Å². The van der Waals surface area contributed by atoms with E-state index in [4.69, 9.17) is 14.2 Å². The molecule has 0 heterocycles. The fraction of sp³-hybridized carbons (Fsp3) is 0.390. The third-order valence-corrected chi connectivity index (χ3v) is 9.04. The number of likely N-dealkylation sites (N-methyl/N-ethyl adjacent to an activating group) is 1. The lowest BCUT2D eigenvalue weighted by Crippen LogP contribution is -2.30. The monoisotopic (exact) mass is 619 g/mol. The van der Waals surface area contributed by atoms with Crippen LogP contribution in [0.4, 0.5) is 0 Å². The molecule has 0 saturated heterocycles. The number of nitrogens with zero attached hydrogens (tertiary/aromatic N) is 1. The van der Waals surface area contributed by atoms with Gasteiger partial charge in [-0.2, -0.15) is 0 Å². The van der Waals surface area contributed by atoms with Crippen LogP contribution in [0.1, 0.15) is 71.3 Å². The predicted molar refractivity (Wildman–Crippen MR) is 186 cm³/mol. The molecule has 4 aromatic carbocycles. The maximum Gasteiger partial charge on any atom is 0.335 e. The summed E-state index contributed by atoms with van der Waals surface area (Å²) in [7, 11) is 2.23. The Morgan fingerprint density at radius 1 is 0.761 bits per heavy atom. The quantitative estimate of drug-likeness (QED) is 0.127. The SMILES string of the molecule is CCOC(=O)C(Cc1ccc(OCCN(C)C2c3ccc(CC)cc3CCc3ccc(CCc4ccccc4)cc32)cc1)OCC. The topological polar surface area (TPSA) is 48.0 Å². The Morgan fingerprint density at radius 2 is 1.48 bits per heavy atom. The van der Waals surface area contributed by atoms with Crippen molar-refractivity contribution < 1.29 is 19.0 Å². The van der Waals surface area contributed by atoms with Crippen LogP contribution in [0.2, 0.25) is 0 Å². The number of hydrogen-bond donors (Lipinski definition) is 0. The molecule has 4 aromatic rings. The molecule has 0 aromatic heterocycles. The normalized spacial score (nSPS) is 14.7. The Balaban J connectivity index is 1.29. The molecule has 2 unspecified atom stereocenters. The second-order valence-electron chi connectivity index (χ2n) is 12.2. The molecular formula is C41H49NO4. The first-order valence-electron chi connectivity index (χ1n) is 17.0. The lowest BCUT2D eigenvalue weighted by molar-refractivity contribution is -0.156. The first kappa shape index (κ1) is 33.4. The third kappa shape index (κ3) is 8.65. The number of carbonyl (C=O) groups is 1. The largest absolute Gasteiger partial charge is 0.492 e. The smallest absolute Gasteiger partial charge is 0.335 e. The summed E-state index contributed by atoms with van der Waals surface area (Å²) in [5.41, 5.74) is 10.9.